The molecule has 0 aliphatic rings. The number of hydrogen-bond acceptors (Lipinski definition) is 4. The summed E-state index contributed by atoms with van der Waals surface area (Å²) in [7, 11) is 1.36. The zero-order chi connectivity index (χ0) is 10.4. The minimum absolute atomic E-state index is 0.218. The number of rotatable bonds is 4. The van der Waals surface area contributed by atoms with Crippen LogP contribution in [0.1, 0.15) is 17.8 Å². The highest BCUT2D eigenvalue weighted by Crippen LogP contribution is 2.17. The lowest BCUT2D eigenvalue weighted by Crippen LogP contribution is -2.11. The minimum Gasteiger partial charge on any atom is -0.466 e. The molecule has 0 fully saturated rings. The molecular weight excluding hydrogens is 198 g/mol. The third-order valence-electron chi connectivity index (χ3n) is 1.74. The molecule has 1 rings (SSSR count). The van der Waals surface area contributed by atoms with E-state index in [2.05, 4.69) is 10.1 Å². The van der Waals surface area contributed by atoms with Crippen LogP contribution in [-0.2, 0) is 9.53 Å². The molecule has 0 unspecified atom stereocenters. The molecule has 4 heteroatoms. The lowest BCUT2D eigenvalue weighted by molar-refractivity contribution is -0.134. The molecule has 0 spiro atoms. The van der Waals surface area contributed by atoms with Crippen molar-refractivity contribution in [3.8, 4) is 0 Å². The van der Waals surface area contributed by atoms with Gasteiger partial charge in [0.15, 0.2) is 0 Å². The minimum atomic E-state index is -0.351. The molecule has 0 radical (unpaired) electrons. The Labute approximate surface area is 87.4 Å². The zero-order valence-corrected chi connectivity index (χ0v) is 9.01. The highest BCUT2D eigenvalue weighted by molar-refractivity contribution is 7.10. The Morgan fingerprint density at radius 1 is 1.71 bits per heavy atom. The first-order valence-corrected chi connectivity index (χ1v) is 5.16. The number of hydrogen-bond donors (Lipinski definition) is 1. The van der Waals surface area contributed by atoms with Crippen molar-refractivity contribution < 1.29 is 9.53 Å². The van der Waals surface area contributed by atoms with Gasteiger partial charge in [-0.3, -0.25) is 0 Å². The third-order valence-corrected chi connectivity index (χ3v) is 2.79. The van der Waals surface area contributed by atoms with Crippen molar-refractivity contribution >= 4 is 17.3 Å². The van der Waals surface area contributed by atoms with Crippen LogP contribution in [-0.4, -0.2) is 13.1 Å². The van der Waals surface area contributed by atoms with E-state index < -0.39 is 0 Å². The molecule has 0 bridgehead atoms. The maximum atomic E-state index is 10.7. The van der Waals surface area contributed by atoms with Crippen LogP contribution < -0.4 is 5.32 Å². The van der Waals surface area contributed by atoms with Crippen LogP contribution >= 0.6 is 11.3 Å². The Balaban J connectivity index is 2.39. The van der Waals surface area contributed by atoms with Crippen molar-refractivity contribution in [3.05, 3.63) is 34.7 Å². The topological polar surface area (TPSA) is 38.3 Å². The molecule has 1 aromatic rings. The summed E-state index contributed by atoms with van der Waals surface area (Å²) in [5.41, 5.74) is 0. The standard InChI is InChI=1S/C10H13NO2S/c1-8(9-4-3-7-14-9)11-6-5-10(12)13-2/h3-8,11H,1-2H3/b6-5+/t8-/m1/s1. The monoisotopic (exact) mass is 211 g/mol. The molecule has 76 valence electrons. The van der Waals surface area contributed by atoms with E-state index in [1.165, 1.54) is 18.1 Å². The van der Waals surface area contributed by atoms with Crippen molar-refractivity contribution in [1.82, 2.24) is 5.32 Å². The van der Waals surface area contributed by atoms with E-state index in [0.29, 0.717) is 0 Å². The van der Waals surface area contributed by atoms with E-state index in [1.54, 1.807) is 17.5 Å². The van der Waals surface area contributed by atoms with Crippen molar-refractivity contribution in [2.75, 3.05) is 7.11 Å². The van der Waals surface area contributed by atoms with Crippen molar-refractivity contribution in [1.29, 1.82) is 0 Å². The van der Waals surface area contributed by atoms with Crippen LogP contribution in [0.25, 0.3) is 0 Å². The number of methoxy groups -OCH3 is 1. The van der Waals surface area contributed by atoms with Crippen LogP contribution in [0.5, 0.6) is 0 Å². The molecule has 0 aliphatic carbocycles. The van der Waals surface area contributed by atoms with Gasteiger partial charge in [0, 0.05) is 17.2 Å². The number of thiophene rings is 1. The second-order valence-electron chi connectivity index (χ2n) is 2.76. The summed E-state index contributed by atoms with van der Waals surface area (Å²) in [5.74, 6) is -0.351. The summed E-state index contributed by atoms with van der Waals surface area (Å²) in [4.78, 5) is 12.0. The molecule has 3 nitrogen and oxygen atoms in total. The highest BCUT2D eigenvalue weighted by Gasteiger charge is 2.02. The quantitative estimate of drug-likeness (QED) is 0.612. The van der Waals surface area contributed by atoms with Crippen LogP contribution in [0.2, 0.25) is 0 Å². The number of esters is 1. The smallest absolute Gasteiger partial charge is 0.331 e. The molecule has 14 heavy (non-hydrogen) atoms. The summed E-state index contributed by atoms with van der Waals surface area (Å²) in [6.45, 7) is 2.04. The Morgan fingerprint density at radius 3 is 3.07 bits per heavy atom. The van der Waals surface area contributed by atoms with Gasteiger partial charge in [-0.1, -0.05) is 6.07 Å². The van der Waals surface area contributed by atoms with Gasteiger partial charge >= 0.3 is 5.97 Å². The van der Waals surface area contributed by atoms with E-state index in [9.17, 15) is 4.79 Å². The lowest BCUT2D eigenvalue weighted by Gasteiger charge is -2.08. The summed E-state index contributed by atoms with van der Waals surface area (Å²) < 4.78 is 4.46. The first-order valence-electron chi connectivity index (χ1n) is 4.28. The second kappa shape index (κ2) is 5.44. The Morgan fingerprint density at radius 2 is 2.50 bits per heavy atom. The van der Waals surface area contributed by atoms with Crippen LogP contribution in [0.15, 0.2) is 29.8 Å². The molecule has 1 heterocycles. The molecule has 0 saturated heterocycles. The zero-order valence-electron chi connectivity index (χ0n) is 8.19. The maximum absolute atomic E-state index is 10.7. The fourth-order valence-electron chi connectivity index (χ4n) is 0.948. The first-order chi connectivity index (χ1) is 6.74. The molecule has 0 aromatic carbocycles. The number of nitrogens with one attached hydrogen (secondary N) is 1. The van der Waals surface area contributed by atoms with Crippen molar-refractivity contribution in [3.63, 3.8) is 0 Å². The average Bonchev–Trinajstić information content (AvgIpc) is 2.70. The van der Waals surface area contributed by atoms with Gasteiger partial charge in [-0.15, -0.1) is 11.3 Å². The lowest BCUT2D eigenvalue weighted by atomic mass is 10.3. The number of carbonyl (C=O) groups excluding carboxylic acids is 1. The van der Waals surface area contributed by atoms with Gasteiger partial charge < -0.3 is 10.1 Å². The van der Waals surface area contributed by atoms with Gasteiger partial charge in [0.1, 0.15) is 0 Å². The Hall–Kier alpha value is -1.29. The van der Waals surface area contributed by atoms with Gasteiger partial charge in [-0.25, -0.2) is 4.79 Å². The summed E-state index contributed by atoms with van der Waals surface area (Å²) in [5, 5.41) is 5.10. The predicted octanol–water partition coefficient (Wildman–Crippen LogP) is 2.09. The number of carbonyl (C=O) groups is 1. The van der Waals surface area contributed by atoms with Gasteiger partial charge in [0.2, 0.25) is 0 Å². The van der Waals surface area contributed by atoms with Gasteiger partial charge in [-0.05, 0) is 18.4 Å². The van der Waals surface area contributed by atoms with Crippen LogP contribution in [0.4, 0.5) is 0 Å². The predicted molar refractivity (Wildman–Crippen MR) is 57.0 cm³/mol. The van der Waals surface area contributed by atoms with Crippen molar-refractivity contribution in [2.45, 2.75) is 13.0 Å². The molecule has 1 atom stereocenters. The molecule has 1 aromatic heterocycles. The molecule has 0 saturated carbocycles. The van der Waals surface area contributed by atoms with Crippen LogP contribution in [0.3, 0.4) is 0 Å². The summed E-state index contributed by atoms with van der Waals surface area (Å²) in [6.07, 6.45) is 2.97. The fraction of sp³-hybridized carbons (Fsp3) is 0.300. The largest absolute Gasteiger partial charge is 0.466 e. The van der Waals surface area contributed by atoms with Crippen molar-refractivity contribution in [2.24, 2.45) is 0 Å². The fourth-order valence-corrected chi connectivity index (χ4v) is 1.69. The van der Waals surface area contributed by atoms with Gasteiger partial charge in [0.05, 0.1) is 13.2 Å². The highest BCUT2D eigenvalue weighted by atomic mass is 32.1. The van der Waals surface area contributed by atoms with E-state index >= 15 is 0 Å². The molecule has 0 amide bonds. The third kappa shape index (κ3) is 3.22. The normalized spacial score (nSPS) is 12.7. The van der Waals surface area contributed by atoms with Gasteiger partial charge in [-0.2, -0.15) is 0 Å². The second-order valence-corrected chi connectivity index (χ2v) is 3.74. The Kier molecular flexibility index (Phi) is 4.19. The van der Waals surface area contributed by atoms with Gasteiger partial charge in [0.25, 0.3) is 0 Å². The Bertz CT molecular complexity index is 306. The van der Waals surface area contributed by atoms with Crippen LogP contribution in [0, 0.1) is 0 Å². The number of ether oxygens (including phenoxy) is 1. The average molecular weight is 211 g/mol. The summed E-state index contributed by atoms with van der Waals surface area (Å²) in [6, 6.07) is 4.27. The van der Waals surface area contributed by atoms with E-state index in [4.69, 9.17) is 0 Å². The molecular formula is C10H13NO2S. The first kappa shape index (κ1) is 10.8. The molecule has 1 N–H and O–H groups in total. The molecule has 0 aliphatic heterocycles. The summed E-state index contributed by atoms with van der Waals surface area (Å²) >= 11 is 1.68. The maximum Gasteiger partial charge on any atom is 0.331 e. The van der Waals surface area contributed by atoms with E-state index in [0.717, 1.165) is 0 Å². The van der Waals surface area contributed by atoms with E-state index in [1.807, 2.05) is 24.4 Å². The SMILES string of the molecule is COC(=O)/C=C/N[C@H](C)c1cccs1. The van der Waals surface area contributed by atoms with E-state index in [-0.39, 0.29) is 12.0 Å².